The van der Waals surface area contributed by atoms with Gasteiger partial charge in [-0.1, -0.05) is 31.4 Å². The van der Waals surface area contributed by atoms with Crippen LogP contribution in [0.3, 0.4) is 0 Å². The number of ether oxygens (including phenoxy) is 1. The summed E-state index contributed by atoms with van der Waals surface area (Å²) in [5, 5.41) is 20.2. The summed E-state index contributed by atoms with van der Waals surface area (Å²) in [5.41, 5.74) is 0.154. The van der Waals surface area contributed by atoms with Crippen LogP contribution in [0.1, 0.15) is 57.6 Å². The molecular weight excluding hydrogens is 250 g/mol. The lowest BCUT2D eigenvalue weighted by Gasteiger charge is -2.35. The van der Waals surface area contributed by atoms with Crippen LogP contribution in [0.15, 0.2) is 24.3 Å². The zero-order valence-electron chi connectivity index (χ0n) is 12.3. The fourth-order valence-corrected chi connectivity index (χ4v) is 2.98. The van der Waals surface area contributed by atoms with Crippen molar-refractivity contribution in [3.8, 4) is 11.8 Å². The van der Waals surface area contributed by atoms with E-state index in [1.54, 1.807) is 0 Å². The summed E-state index contributed by atoms with van der Waals surface area (Å²) in [6.45, 7) is 3.95. The van der Waals surface area contributed by atoms with Crippen molar-refractivity contribution in [2.24, 2.45) is 5.41 Å². The van der Waals surface area contributed by atoms with Gasteiger partial charge in [-0.15, -0.1) is 0 Å². The van der Waals surface area contributed by atoms with Crippen LogP contribution in [-0.2, 0) is 0 Å². The molecule has 0 radical (unpaired) electrons. The molecule has 1 aliphatic rings. The van der Waals surface area contributed by atoms with Gasteiger partial charge in [0, 0.05) is 0 Å². The largest absolute Gasteiger partial charge is 0.491 e. The van der Waals surface area contributed by atoms with E-state index in [1.165, 1.54) is 0 Å². The highest BCUT2D eigenvalue weighted by atomic mass is 16.5. The molecule has 1 aromatic carbocycles. The Hall–Kier alpha value is -1.53. The zero-order valence-corrected chi connectivity index (χ0v) is 12.3. The van der Waals surface area contributed by atoms with Crippen molar-refractivity contribution in [3.63, 3.8) is 0 Å². The van der Waals surface area contributed by atoms with Gasteiger partial charge in [0.05, 0.1) is 23.7 Å². The van der Waals surface area contributed by atoms with Gasteiger partial charge in [-0.3, -0.25) is 0 Å². The molecule has 108 valence electrons. The lowest BCUT2D eigenvalue weighted by molar-refractivity contribution is 0.0357. The number of rotatable bonds is 4. The van der Waals surface area contributed by atoms with Gasteiger partial charge in [-0.2, -0.15) is 5.26 Å². The first-order valence-corrected chi connectivity index (χ1v) is 7.43. The Labute approximate surface area is 121 Å². The Morgan fingerprint density at radius 2 is 1.95 bits per heavy atom. The van der Waals surface area contributed by atoms with Crippen LogP contribution in [0, 0.1) is 16.7 Å². The standard InChI is InChI=1S/C17H23NO2/c1-13(2)20-15-8-6-7-14(11-15)16(19)17(12-18)9-4-3-5-10-17/h6-8,11,13,16,19H,3-5,9-10H2,1-2H3. The normalized spacial score (nSPS) is 19.4. The van der Waals surface area contributed by atoms with Crippen LogP contribution in [0.25, 0.3) is 0 Å². The highest BCUT2D eigenvalue weighted by Crippen LogP contribution is 2.45. The van der Waals surface area contributed by atoms with Gasteiger partial charge in [0.25, 0.3) is 0 Å². The minimum atomic E-state index is -0.733. The zero-order chi connectivity index (χ0) is 14.6. The van der Waals surface area contributed by atoms with Crippen molar-refractivity contribution in [3.05, 3.63) is 29.8 Å². The van der Waals surface area contributed by atoms with E-state index >= 15 is 0 Å². The molecule has 2 rings (SSSR count). The number of aliphatic hydroxyl groups excluding tert-OH is 1. The molecule has 1 N–H and O–H groups in total. The number of nitrogens with zero attached hydrogens (tertiary/aromatic N) is 1. The first-order valence-electron chi connectivity index (χ1n) is 7.43. The number of benzene rings is 1. The third-order valence-corrected chi connectivity index (χ3v) is 4.04. The molecule has 1 atom stereocenters. The minimum absolute atomic E-state index is 0.0991. The number of nitriles is 1. The average Bonchev–Trinajstić information content (AvgIpc) is 2.47. The second-order valence-electron chi connectivity index (χ2n) is 5.97. The van der Waals surface area contributed by atoms with Crippen LogP contribution >= 0.6 is 0 Å². The molecule has 3 heteroatoms. The Kier molecular flexibility index (Phi) is 4.67. The first-order chi connectivity index (χ1) is 9.57. The van der Waals surface area contributed by atoms with Crippen LogP contribution in [0.4, 0.5) is 0 Å². The maximum absolute atomic E-state index is 10.7. The van der Waals surface area contributed by atoms with Gasteiger partial charge in [-0.25, -0.2) is 0 Å². The second-order valence-corrected chi connectivity index (χ2v) is 5.97. The summed E-state index contributed by atoms with van der Waals surface area (Å²) < 4.78 is 5.66. The summed E-state index contributed by atoms with van der Waals surface area (Å²) in [4.78, 5) is 0. The number of hydrogen-bond acceptors (Lipinski definition) is 3. The third-order valence-electron chi connectivity index (χ3n) is 4.04. The molecule has 3 nitrogen and oxygen atoms in total. The van der Waals surface area contributed by atoms with Crippen molar-refractivity contribution in [1.29, 1.82) is 5.26 Å². The molecule has 1 saturated carbocycles. The molecule has 0 aliphatic heterocycles. The first kappa shape index (κ1) is 14.9. The minimum Gasteiger partial charge on any atom is -0.491 e. The van der Waals surface area contributed by atoms with Crippen LogP contribution in [0.2, 0.25) is 0 Å². The molecule has 1 aliphatic carbocycles. The van der Waals surface area contributed by atoms with E-state index in [2.05, 4.69) is 6.07 Å². The van der Waals surface area contributed by atoms with Gasteiger partial charge in [0.1, 0.15) is 5.75 Å². The topological polar surface area (TPSA) is 53.2 Å². The molecule has 0 bridgehead atoms. The third kappa shape index (κ3) is 3.13. The maximum atomic E-state index is 10.7. The predicted molar refractivity (Wildman–Crippen MR) is 78.3 cm³/mol. The number of hydrogen-bond donors (Lipinski definition) is 1. The fourth-order valence-electron chi connectivity index (χ4n) is 2.98. The average molecular weight is 273 g/mol. The summed E-state index contributed by atoms with van der Waals surface area (Å²) in [6.07, 6.45) is 4.12. The highest BCUT2D eigenvalue weighted by Gasteiger charge is 2.40. The Morgan fingerprint density at radius 3 is 2.55 bits per heavy atom. The van der Waals surface area contributed by atoms with E-state index in [4.69, 9.17) is 4.74 Å². The van der Waals surface area contributed by atoms with Crippen molar-refractivity contribution in [2.45, 2.75) is 58.2 Å². The smallest absolute Gasteiger partial charge is 0.120 e. The van der Waals surface area contributed by atoms with Crippen LogP contribution in [-0.4, -0.2) is 11.2 Å². The van der Waals surface area contributed by atoms with Crippen LogP contribution in [0.5, 0.6) is 5.75 Å². The van der Waals surface area contributed by atoms with E-state index in [0.29, 0.717) is 0 Å². The van der Waals surface area contributed by atoms with Gasteiger partial charge in [0.15, 0.2) is 0 Å². The number of aliphatic hydroxyl groups is 1. The lowest BCUT2D eigenvalue weighted by atomic mass is 9.69. The van der Waals surface area contributed by atoms with E-state index in [9.17, 15) is 10.4 Å². The molecular formula is C17H23NO2. The monoisotopic (exact) mass is 273 g/mol. The molecule has 1 fully saturated rings. The van der Waals surface area contributed by atoms with E-state index in [1.807, 2.05) is 38.1 Å². The van der Waals surface area contributed by atoms with E-state index in [-0.39, 0.29) is 6.10 Å². The van der Waals surface area contributed by atoms with Crippen molar-refractivity contribution in [1.82, 2.24) is 0 Å². The van der Waals surface area contributed by atoms with Crippen LogP contribution < -0.4 is 4.74 Å². The molecule has 1 unspecified atom stereocenters. The second kappa shape index (κ2) is 6.28. The summed E-state index contributed by atoms with van der Waals surface area (Å²) in [5.74, 6) is 0.750. The Morgan fingerprint density at radius 1 is 1.25 bits per heavy atom. The maximum Gasteiger partial charge on any atom is 0.120 e. The predicted octanol–water partition coefficient (Wildman–Crippen LogP) is 3.98. The molecule has 0 aromatic heterocycles. The fraction of sp³-hybridized carbons (Fsp3) is 0.588. The Balaban J connectivity index is 2.23. The quantitative estimate of drug-likeness (QED) is 0.902. The van der Waals surface area contributed by atoms with Crippen molar-refractivity contribution < 1.29 is 9.84 Å². The molecule has 0 saturated heterocycles. The van der Waals surface area contributed by atoms with Gasteiger partial charge < -0.3 is 9.84 Å². The molecule has 20 heavy (non-hydrogen) atoms. The lowest BCUT2D eigenvalue weighted by Crippen LogP contribution is -2.30. The molecule has 0 spiro atoms. The molecule has 0 amide bonds. The van der Waals surface area contributed by atoms with E-state index in [0.717, 1.165) is 43.4 Å². The SMILES string of the molecule is CC(C)Oc1cccc(C(O)C2(C#N)CCCCC2)c1. The summed E-state index contributed by atoms with van der Waals surface area (Å²) in [6, 6.07) is 9.89. The van der Waals surface area contributed by atoms with Gasteiger partial charge in [0.2, 0.25) is 0 Å². The van der Waals surface area contributed by atoms with Gasteiger partial charge in [-0.05, 0) is 44.4 Å². The van der Waals surface area contributed by atoms with Crippen molar-refractivity contribution >= 4 is 0 Å². The molecule has 0 heterocycles. The summed E-state index contributed by atoms with van der Waals surface area (Å²) >= 11 is 0. The van der Waals surface area contributed by atoms with Gasteiger partial charge >= 0.3 is 0 Å². The van der Waals surface area contributed by atoms with E-state index < -0.39 is 11.5 Å². The van der Waals surface area contributed by atoms with Crippen molar-refractivity contribution in [2.75, 3.05) is 0 Å². The Bertz CT molecular complexity index is 484. The highest BCUT2D eigenvalue weighted by molar-refractivity contribution is 5.32. The molecule has 1 aromatic rings. The summed E-state index contributed by atoms with van der Waals surface area (Å²) in [7, 11) is 0.